The number of hydrogen-bond donors (Lipinski definition) is 2. The van der Waals surface area contributed by atoms with E-state index in [-0.39, 0.29) is 36.6 Å². The number of benzene rings is 3. The summed E-state index contributed by atoms with van der Waals surface area (Å²) in [6, 6.07) is 20.3. The molecule has 0 bridgehead atoms. The van der Waals surface area contributed by atoms with E-state index in [9.17, 15) is 19.2 Å². The first-order valence-electron chi connectivity index (χ1n) is 11.8. The molecule has 0 saturated carbocycles. The van der Waals surface area contributed by atoms with Gasteiger partial charge in [0.25, 0.3) is 11.8 Å². The van der Waals surface area contributed by atoms with E-state index in [1.54, 1.807) is 36.4 Å². The second-order valence-electron chi connectivity index (χ2n) is 9.30. The maximum Gasteiger partial charge on any atom is 0.254 e. The molecule has 2 N–H and O–H groups in total. The van der Waals surface area contributed by atoms with Crippen LogP contribution in [-0.4, -0.2) is 53.6 Å². The van der Waals surface area contributed by atoms with E-state index < -0.39 is 18.0 Å². The van der Waals surface area contributed by atoms with Crippen LogP contribution in [0.15, 0.2) is 72.8 Å². The van der Waals surface area contributed by atoms with Gasteiger partial charge in [0, 0.05) is 17.7 Å². The van der Waals surface area contributed by atoms with Crippen molar-refractivity contribution >= 4 is 34.3 Å². The van der Waals surface area contributed by atoms with E-state index in [1.807, 2.05) is 50.2 Å². The van der Waals surface area contributed by atoms with Gasteiger partial charge in [-0.3, -0.25) is 19.2 Å². The van der Waals surface area contributed by atoms with Gasteiger partial charge in [-0.05, 0) is 47.4 Å². The highest BCUT2D eigenvalue weighted by atomic mass is 16.2. The molecular formula is C28H29N3O4. The lowest BCUT2D eigenvalue weighted by molar-refractivity contribution is -0.127. The predicted octanol–water partition coefficient (Wildman–Crippen LogP) is 3.19. The van der Waals surface area contributed by atoms with Crippen LogP contribution in [0.1, 0.15) is 41.0 Å². The van der Waals surface area contributed by atoms with Gasteiger partial charge in [-0.1, -0.05) is 62.4 Å². The summed E-state index contributed by atoms with van der Waals surface area (Å²) in [5.74, 6) is -1.13. The van der Waals surface area contributed by atoms with Crippen LogP contribution in [0.2, 0.25) is 0 Å². The molecule has 0 aliphatic carbocycles. The summed E-state index contributed by atoms with van der Waals surface area (Å²) in [5, 5.41) is 7.55. The fourth-order valence-corrected chi connectivity index (χ4v) is 4.28. The monoisotopic (exact) mass is 471 g/mol. The molecule has 3 aromatic carbocycles. The quantitative estimate of drug-likeness (QED) is 0.553. The minimum absolute atomic E-state index is 0.0586. The fourth-order valence-electron chi connectivity index (χ4n) is 4.28. The molecule has 0 spiro atoms. The van der Waals surface area contributed by atoms with Gasteiger partial charge in [-0.15, -0.1) is 0 Å². The Balaban J connectivity index is 1.43. The van der Waals surface area contributed by atoms with E-state index in [0.717, 1.165) is 10.8 Å². The van der Waals surface area contributed by atoms with E-state index in [4.69, 9.17) is 0 Å². The second-order valence-corrected chi connectivity index (χ2v) is 9.30. The number of nitrogens with zero attached hydrogens (tertiary/aromatic N) is 1. The topological polar surface area (TPSA) is 95.6 Å². The molecule has 3 amide bonds. The van der Waals surface area contributed by atoms with E-state index >= 15 is 0 Å². The molecule has 4 rings (SSSR count). The number of fused-ring (bicyclic) bond motifs is 1. The summed E-state index contributed by atoms with van der Waals surface area (Å²) in [5.41, 5.74) is 0.953. The lowest BCUT2D eigenvalue weighted by Crippen LogP contribution is -2.52. The molecule has 1 aliphatic rings. The Labute approximate surface area is 204 Å². The van der Waals surface area contributed by atoms with Crippen molar-refractivity contribution in [3.63, 3.8) is 0 Å². The Morgan fingerprint density at radius 1 is 0.914 bits per heavy atom. The smallest absolute Gasteiger partial charge is 0.254 e. The molecule has 7 heteroatoms. The van der Waals surface area contributed by atoms with Crippen molar-refractivity contribution in [1.29, 1.82) is 0 Å². The SMILES string of the molecule is CC(C)C[C@H](NC(=O)c1ccc2ccccc2c1)C(=O)NC1CN(C(=O)c2ccccc2)CC1=O. The molecule has 1 unspecified atom stereocenters. The van der Waals surface area contributed by atoms with Crippen LogP contribution < -0.4 is 10.6 Å². The molecule has 1 fully saturated rings. The van der Waals surface area contributed by atoms with E-state index in [1.165, 1.54) is 4.90 Å². The van der Waals surface area contributed by atoms with Gasteiger partial charge >= 0.3 is 0 Å². The number of amides is 3. The van der Waals surface area contributed by atoms with Crippen molar-refractivity contribution in [3.05, 3.63) is 83.9 Å². The van der Waals surface area contributed by atoms with Gasteiger partial charge in [-0.2, -0.15) is 0 Å². The fraction of sp³-hybridized carbons (Fsp3) is 0.286. The Kier molecular flexibility index (Phi) is 7.25. The van der Waals surface area contributed by atoms with Gasteiger partial charge < -0.3 is 15.5 Å². The Bertz CT molecular complexity index is 1260. The number of rotatable bonds is 7. The summed E-state index contributed by atoms with van der Waals surface area (Å²) in [6.07, 6.45) is 0.415. The highest BCUT2D eigenvalue weighted by Crippen LogP contribution is 2.17. The molecular weight excluding hydrogens is 442 g/mol. The minimum atomic E-state index is -0.805. The molecule has 3 aromatic rings. The zero-order valence-corrected chi connectivity index (χ0v) is 19.9. The van der Waals surface area contributed by atoms with Crippen LogP contribution >= 0.6 is 0 Å². The lowest BCUT2D eigenvalue weighted by Gasteiger charge is -2.22. The van der Waals surface area contributed by atoms with Crippen LogP contribution in [0.4, 0.5) is 0 Å². The summed E-state index contributed by atoms with van der Waals surface area (Å²) < 4.78 is 0. The summed E-state index contributed by atoms with van der Waals surface area (Å²) in [7, 11) is 0. The number of carbonyl (C=O) groups is 4. The van der Waals surface area contributed by atoms with Crippen molar-refractivity contribution in [1.82, 2.24) is 15.5 Å². The molecule has 0 aromatic heterocycles. The summed E-state index contributed by atoms with van der Waals surface area (Å²) in [6.45, 7) is 3.97. The number of Topliss-reactive ketones (excluding diaryl/α,β-unsaturated/α-hetero) is 1. The first-order chi connectivity index (χ1) is 16.8. The zero-order valence-electron chi connectivity index (χ0n) is 19.9. The number of hydrogen-bond acceptors (Lipinski definition) is 4. The highest BCUT2D eigenvalue weighted by molar-refractivity contribution is 6.03. The molecule has 7 nitrogen and oxygen atoms in total. The molecule has 180 valence electrons. The van der Waals surface area contributed by atoms with Gasteiger partial charge in [-0.25, -0.2) is 0 Å². The first-order valence-corrected chi connectivity index (χ1v) is 11.8. The molecule has 1 saturated heterocycles. The van der Waals surface area contributed by atoms with Crippen molar-refractivity contribution in [2.75, 3.05) is 13.1 Å². The maximum absolute atomic E-state index is 13.1. The predicted molar refractivity (Wildman–Crippen MR) is 134 cm³/mol. The largest absolute Gasteiger partial charge is 0.343 e. The van der Waals surface area contributed by atoms with E-state index in [0.29, 0.717) is 17.5 Å². The van der Waals surface area contributed by atoms with Crippen LogP contribution in [0.5, 0.6) is 0 Å². The minimum Gasteiger partial charge on any atom is -0.343 e. The van der Waals surface area contributed by atoms with Gasteiger partial charge in [0.15, 0.2) is 5.78 Å². The Morgan fingerprint density at radius 2 is 1.60 bits per heavy atom. The Morgan fingerprint density at radius 3 is 2.31 bits per heavy atom. The number of likely N-dealkylation sites (tertiary alicyclic amines) is 1. The normalized spacial score (nSPS) is 16.4. The Hall–Kier alpha value is -4.00. The molecule has 0 radical (unpaired) electrons. The zero-order chi connectivity index (χ0) is 24.9. The van der Waals surface area contributed by atoms with Crippen LogP contribution in [0.3, 0.4) is 0 Å². The van der Waals surface area contributed by atoms with E-state index in [2.05, 4.69) is 10.6 Å². The maximum atomic E-state index is 13.1. The summed E-state index contributed by atoms with van der Waals surface area (Å²) in [4.78, 5) is 52.8. The third-order valence-electron chi connectivity index (χ3n) is 6.10. The van der Waals surface area contributed by atoms with Crippen LogP contribution in [0.25, 0.3) is 10.8 Å². The first kappa shape index (κ1) is 24.1. The number of carbonyl (C=O) groups excluding carboxylic acids is 4. The van der Waals surface area contributed by atoms with Crippen molar-refractivity contribution in [2.24, 2.45) is 5.92 Å². The molecule has 1 aliphatic heterocycles. The van der Waals surface area contributed by atoms with Crippen LogP contribution in [0, 0.1) is 5.92 Å². The van der Waals surface area contributed by atoms with Gasteiger partial charge in [0.05, 0.1) is 6.54 Å². The molecule has 2 atom stereocenters. The third kappa shape index (κ3) is 5.74. The second kappa shape index (κ2) is 10.5. The van der Waals surface area contributed by atoms with Crippen molar-refractivity contribution in [2.45, 2.75) is 32.4 Å². The molecule has 35 heavy (non-hydrogen) atoms. The standard InChI is InChI=1S/C28H29N3O4/c1-18(2)14-23(29-26(33)22-13-12-19-8-6-7-11-21(19)15-22)27(34)30-24-16-31(17-25(24)32)28(35)20-9-4-3-5-10-20/h3-13,15,18,23-24H,14,16-17H2,1-2H3,(H,29,33)(H,30,34)/t23-,24?/m0/s1. The average Bonchev–Trinajstić information content (AvgIpc) is 3.22. The number of ketones is 1. The third-order valence-corrected chi connectivity index (χ3v) is 6.10. The van der Waals surface area contributed by atoms with Gasteiger partial charge in [0.2, 0.25) is 5.91 Å². The molecule has 1 heterocycles. The van der Waals surface area contributed by atoms with Crippen LogP contribution in [-0.2, 0) is 9.59 Å². The van der Waals surface area contributed by atoms with Gasteiger partial charge in [0.1, 0.15) is 12.1 Å². The summed E-state index contributed by atoms with van der Waals surface area (Å²) >= 11 is 0. The number of nitrogens with one attached hydrogen (secondary N) is 2. The average molecular weight is 472 g/mol. The highest BCUT2D eigenvalue weighted by Gasteiger charge is 2.36. The van der Waals surface area contributed by atoms with Crippen molar-refractivity contribution in [3.8, 4) is 0 Å². The van der Waals surface area contributed by atoms with Crippen molar-refractivity contribution < 1.29 is 19.2 Å². The lowest BCUT2D eigenvalue weighted by atomic mass is 10.0.